The van der Waals surface area contributed by atoms with Crippen LogP contribution in [0.3, 0.4) is 0 Å². The molecule has 0 heterocycles. The number of hydrogen-bond donors (Lipinski definition) is 3. The van der Waals surface area contributed by atoms with E-state index in [1.165, 1.54) is 37.3 Å². The summed E-state index contributed by atoms with van der Waals surface area (Å²) in [5, 5.41) is 15.5. The maximum Gasteiger partial charge on any atom is 0.307 e. The zero-order valence-corrected chi connectivity index (χ0v) is 18.7. The molecule has 0 saturated carbocycles. The molecule has 2 aromatic rings. The first-order valence-corrected chi connectivity index (χ1v) is 11.1. The molecule has 2 rings (SSSR count). The summed E-state index contributed by atoms with van der Waals surface area (Å²) in [6, 6.07) is 8.85. The zero-order valence-electron chi connectivity index (χ0n) is 17.2. The highest BCUT2D eigenvalue weighted by atomic mass is 35.5. The van der Waals surface area contributed by atoms with E-state index in [0.29, 0.717) is 5.69 Å². The average Bonchev–Trinajstić information content (AvgIpc) is 2.73. The standard InChI is InChI=1S/C19H19ClN4O8S/c1-12(25)22-13-2-5-15(6-3-13)33(30,31)21-9-8-19(27)32-11-18(26)23-17-7-4-14(24(28)29)10-16(17)20/h2-7,10,21H,8-9,11H2,1H3,(H,22,25)(H,23,26). The number of rotatable bonds is 10. The fourth-order valence-electron chi connectivity index (χ4n) is 2.41. The molecule has 33 heavy (non-hydrogen) atoms. The van der Waals surface area contributed by atoms with Gasteiger partial charge in [0.05, 0.1) is 26.9 Å². The van der Waals surface area contributed by atoms with Crippen LogP contribution in [0.25, 0.3) is 0 Å². The summed E-state index contributed by atoms with van der Waals surface area (Å²) < 4.78 is 31.5. The van der Waals surface area contributed by atoms with E-state index >= 15 is 0 Å². The molecule has 0 atom stereocenters. The predicted octanol–water partition coefficient (Wildman–Crippen LogP) is 2.06. The smallest absolute Gasteiger partial charge is 0.307 e. The molecule has 14 heteroatoms. The Bertz CT molecular complexity index is 1170. The molecule has 2 amide bonds. The van der Waals surface area contributed by atoms with Crippen molar-refractivity contribution >= 4 is 56.5 Å². The number of nitro benzene ring substituents is 1. The van der Waals surface area contributed by atoms with Gasteiger partial charge >= 0.3 is 5.97 Å². The predicted molar refractivity (Wildman–Crippen MR) is 118 cm³/mol. The number of nitrogens with one attached hydrogen (secondary N) is 3. The van der Waals surface area contributed by atoms with Gasteiger partial charge in [0.2, 0.25) is 15.9 Å². The SMILES string of the molecule is CC(=O)Nc1ccc(S(=O)(=O)NCCC(=O)OCC(=O)Nc2ccc([N+](=O)[O-])cc2Cl)cc1. The summed E-state index contributed by atoms with van der Waals surface area (Å²) in [4.78, 5) is 44.6. The van der Waals surface area contributed by atoms with Crippen molar-refractivity contribution in [3.63, 3.8) is 0 Å². The Morgan fingerprint density at radius 2 is 1.76 bits per heavy atom. The minimum Gasteiger partial charge on any atom is -0.456 e. The van der Waals surface area contributed by atoms with E-state index in [9.17, 15) is 32.9 Å². The Morgan fingerprint density at radius 3 is 2.33 bits per heavy atom. The molecule has 0 aliphatic heterocycles. The van der Waals surface area contributed by atoms with Crippen molar-refractivity contribution in [2.24, 2.45) is 0 Å². The van der Waals surface area contributed by atoms with E-state index in [1.54, 1.807) is 0 Å². The van der Waals surface area contributed by atoms with Gasteiger partial charge in [-0.2, -0.15) is 0 Å². The molecule has 0 bridgehead atoms. The van der Waals surface area contributed by atoms with Gasteiger partial charge in [-0.05, 0) is 30.3 Å². The van der Waals surface area contributed by atoms with Crippen LogP contribution in [0, 0.1) is 10.1 Å². The van der Waals surface area contributed by atoms with Gasteiger partial charge in [-0.25, -0.2) is 13.1 Å². The lowest BCUT2D eigenvalue weighted by atomic mass is 10.3. The van der Waals surface area contributed by atoms with Gasteiger partial charge in [-0.15, -0.1) is 0 Å². The van der Waals surface area contributed by atoms with Gasteiger partial charge in [0, 0.05) is 31.3 Å². The fourth-order valence-corrected chi connectivity index (χ4v) is 3.67. The summed E-state index contributed by atoms with van der Waals surface area (Å²) in [6.07, 6.45) is -0.339. The van der Waals surface area contributed by atoms with E-state index in [2.05, 4.69) is 15.4 Å². The molecule has 0 aliphatic carbocycles. The maximum atomic E-state index is 12.2. The van der Waals surface area contributed by atoms with Gasteiger partial charge in [-0.1, -0.05) is 11.6 Å². The van der Waals surface area contributed by atoms with Crippen LogP contribution in [-0.2, 0) is 29.1 Å². The number of halogens is 1. The first-order valence-electron chi connectivity index (χ1n) is 9.24. The molecule has 0 spiro atoms. The lowest BCUT2D eigenvalue weighted by Crippen LogP contribution is -2.28. The van der Waals surface area contributed by atoms with Gasteiger partial charge in [-0.3, -0.25) is 24.5 Å². The Balaban J connectivity index is 1.78. The van der Waals surface area contributed by atoms with Gasteiger partial charge in [0.15, 0.2) is 6.61 Å². The second-order valence-electron chi connectivity index (χ2n) is 6.48. The van der Waals surface area contributed by atoms with Gasteiger partial charge in [0.1, 0.15) is 0 Å². The third kappa shape index (κ3) is 8.14. The Kier molecular flexibility index (Phi) is 8.85. The Hall–Kier alpha value is -3.55. The summed E-state index contributed by atoms with van der Waals surface area (Å²) in [5.41, 5.74) is 0.273. The molecular weight excluding hydrogens is 480 g/mol. The van der Waals surface area contributed by atoms with Crippen LogP contribution in [0.2, 0.25) is 5.02 Å². The van der Waals surface area contributed by atoms with Crippen molar-refractivity contribution in [1.29, 1.82) is 0 Å². The van der Waals surface area contributed by atoms with E-state index in [4.69, 9.17) is 16.3 Å². The fraction of sp³-hybridized carbons (Fsp3) is 0.211. The van der Waals surface area contributed by atoms with Crippen molar-refractivity contribution in [1.82, 2.24) is 4.72 Å². The molecule has 0 unspecified atom stereocenters. The van der Waals surface area contributed by atoms with E-state index < -0.39 is 33.4 Å². The second-order valence-corrected chi connectivity index (χ2v) is 8.66. The number of esters is 1. The normalized spacial score (nSPS) is 10.8. The highest BCUT2D eigenvalue weighted by molar-refractivity contribution is 7.89. The van der Waals surface area contributed by atoms with E-state index in [0.717, 1.165) is 12.1 Å². The average molecular weight is 499 g/mol. The highest BCUT2D eigenvalue weighted by Crippen LogP contribution is 2.26. The molecule has 0 aliphatic rings. The number of non-ortho nitro benzene ring substituents is 1. The van der Waals surface area contributed by atoms with Crippen molar-refractivity contribution in [3.8, 4) is 0 Å². The minimum absolute atomic E-state index is 0.0654. The molecule has 0 fully saturated rings. The lowest BCUT2D eigenvalue weighted by Gasteiger charge is -2.09. The quantitative estimate of drug-likeness (QED) is 0.253. The van der Waals surface area contributed by atoms with Gasteiger partial charge < -0.3 is 15.4 Å². The Labute approximate surface area is 193 Å². The first kappa shape index (κ1) is 25.7. The molecule has 3 N–H and O–H groups in total. The topological polar surface area (TPSA) is 174 Å². The molecule has 0 aromatic heterocycles. The van der Waals surface area contributed by atoms with Crippen LogP contribution in [-0.4, -0.2) is 44.3 Å². The second kappa shape index (κ2) is 11.4. The van der Waals surface area contributed by atoms with Crippen molar-refractivity contribution in [3.05, 3.63) is 57.6 Å². The zero-order chi connectivity index (χ0) is 24.6. The summed E-state index contributed by atoms with van der Waals surface area (Å²) in [6.45, 7) is 0.383. The van der Waals surface area contributed by atoms with Gasteiger partial charge in [0.25, 0.3) is 11.6 Å². The van der Waals surface area contributed by atoms with Crippen molar-refractivity contribution in [2.75, 3.05) is 23.8 Å². The molecular formula is C19H19ClN4O8S. The number of benzene rings is 2. The largest absolute Gasteiger partial charge is 0.456 e. The minimum atomic E-state index is -3.90. The van der Waals surface area contributed by atoms with Crippen LogP contribution in [0.4, 0.5) is 17.1 Å². The number of anilines is 2. The van der Waals surface area contributed by atoms with E-state index in [1.807, 2.05) is 0 Å². The number of nitrogens with zero attached hydrogens (tertiary/aromatic N) is 1. The number of hydrogen-bond acceptors (Lipinski definition) is 8. The number of ether oxygens (including phenoxy) is 1. The maximum absolute atomic E-state index is 12.2. The number of amides is 2. The number of nitro groups is 1. The first-order chi connectivity index (χ1) is 15.5. The number of sulfonamides is 1. The molecule has 0 saturated heterocycles. The van der Waals surface area contributed by atoms with Crippen LogP contribution in [0.1, 0.15) is 13.3 Å². The van der Waals surface area contributed by atoms with Crippen LogP contribution in [0.5, 0.6) is 0 Å². The summed E-state index contributed by atoms with van der Waals surface area (Å²) in [7, 11) is -3.90. The summed E-state index contributed by atoms with van der Waals surface area (Å²) >= 11 is 5.86. The highest BCUT2D eigenvalue weighted by Gasteiger charge is 2.16. The lowest BCUT2D eigenvalue weighted by molar-refractivity contribution is -0.384. The molecule has 12 nitrogen and oxygen atoms in total. The van der Waals surface area contributed by atoms with Crippen LogP contribution >= 0.6 is 11.6 Å². The monoisotopic (exact) mass is 498 g/mol. The van der Waals surface area contributed by atoms with Crippen LogP contribution < -0.4 is 15.4 Å². The number of carbonyl (C=O) groups is 3. The van der Waals surface area contributed by atoms with E-state index in [-0.39, 0.29) is 40.2 Å². The Morgan fingerprint density at radius 1 is 1.09 bits per heavy atom. The third-order valence-electron chi connectivity index (χ3n) is 3.91. The summed E-state index contributed by atoms with van der Waals surface area (Å²) in [5.74, 6) is -1.87. The molecule has 0 radical (unpaired) electrons. The van der Waals surface area contributed by atoms with Crippen molar-refractivity contribution in [2.45, 2.75) is 18.2 Å². The van der Waals surface area contributed by atoms with Crippen molar-refractivity contribution < 1.29 is 32.5 Å². The number of carbonyl (C=O) groups excluding carboxylic acids is 3. The van der Waals surface area contributed by atoms with Crippen LogP contribution in [0.15, 0.2) is 47.4 Å². The molecule has 2 aromatic carbocycles. The third-order valence-corrected chi connectivity index (χ3v) is 5.70. The molecule has 176 valence electrons.